The van der Waals surface area contributed by atoms with Gasteiger partial charge in [0.15, 0.2) is 12.6 Å². The summed E-state index contributed by atoms with van der Waals surface area (Å²) in [4.78, 5) is 0. The van der Waals surface area contributed by atoms with E-state index in [-0.39, 0.29) is 13.2 Å². The molecular weight excluding hydrogens is 388 g/mol. The summed E-state index contributed by atoms with van der Waals surface area (Å²) in [5.74, 6) is 0. The highest BCUT2D eigenvalue weighted by atomic mass is 16.7. The highest BCUT2D eigenvalue weighted by molar-refractivity contribution is 5.13. The molecule has 0 spiro atoms. The largest absolute Gasteiger partial charge is 0.388 e. The summed E-state index contributed by atoms with van der Waals surface area (Å²) in [5.41, 5.74) is 0.831. The first kappa shape index (κ1) is 22.5. The Labute approximate surface area is 167 Å². The topological polar surface area (TPSA) is 158 Å². The lowest BCUT2D eigenvalue weighted by molar-refractivity contribution is -0.329. The predicted molar refractivity (Wildman–Crippen MR) is 96.2 cm³/mol. The molecule has 0 aromatic heterocycles. The second-order valence-electron chi connectivity index (χ2n) is 7.33. The van der Waals surface area contributed by atoms with Crippen LogP contribution in [-0.4, -0.2) is 98.7 Å². The van der Waals surface area contributed by atoms with Gasteiger partial charge in [-0.05, 0) is 12.5 Å². The molecule has 0 radical (unpaired) electrons. The normalized spacial score (nSPS) is 43.3. The molecule has 0 saturated carbocycles. The van der Waals surface area contributed by atoms with Gasteiger partial charge in [-0.25, -0.2) is 0 Å². The van der Waals surface area contributed by atoms with Gasteiger partial charge in [0.1, 0.15) is 42.7 Å². The molecule has 2 heterocycles. The number of hydrogen-bond donors (Lipinski definition) is 6. The molecule has 0 amide bonds. The van der Waals surface area contributed by atoms with Crippen LogP contribution < -0.4 is 0 Å². The first-order valence-electron chi connectivity index (χ1n) is 9.46. The van der Waals surface area contributed by atoms with E-state index < -0.39 is 61.4 Å². The Kier molecular flexibility index (Phi) is 7.57. The van der Waals surface area contributed by atoms with Crippen LogP contribution in [0, 0.1) is 0 Å². The average molecular weight is 416 g/mol. The van der Waals surface area contributed by atoms with Crippen molar-refractivity contribution >= 4 is 0 Å². The molecule has 2 saturated heterocycles. The summed E-state index contributed by atoms with van der Waals surface area (Å²) in [7, 11) is 0. The molecule has 10 unspecified atom stereocenters. The quantitative estimate of drug-likeness (QED) is 0.302. The van der Waals surface area contributed by atoms with Crippen LogP contribution in [0.4, 0.5) is 0 Å². The maximum atomic E-state index is 10.2. The molecule has 10 nitrogen and oxygen atoms in total. The van der Waals surface area contributed by atoms with Crippen molar-refractivity contribution in [3.8, 4) is 0 Å². The summed E-state index contributed by atoms with van der Waals surface area (Å²) < 4.78 is 21.8. The smallest absolute Gasteiger partial charge is 0.187 e. The van der Waals surface area contributed by atoms with Crippen molar-refractivity contribution in [2.24, 2.45) is 0 Å². The Hall–Kier alpha value is -1.18. The maximum absolute atomic E-state index is 10.2. The molecule has 0 aliphatic carbocycles. The van der Waals surface area contributed by atoms with Crippen molar-refractivity contribution in [2.75, 3.05) is 6.61 Å². The Morgan fingerprint density at radius 2 is 1.31 bits per heavy atom. The molecule has 6 N–H and O–H groups in total. The third kappa shape index (κ3) is 5.12. The first-order chi connectivity index (χ1) is 13.8. The SMILES string of the molecule is CC1OC(OCC2OC(OCc3ccccc3)C(O)C(O)C2O)C(O)C(O)C1O. The van der Waals surface area contributed by atoms with Crippen LogP contribution in [0.1, 0.15) is 12.5 Å². The number of ether oxygens (including phenoxy) is 4. The van der Waals surface area contributed by atoms with Crippen molar-refractivity contribution < 1.29 is 49.6 Å². The van der Waals surface area contributed by atoms with E-state index in [2.05, 4.69) is 0 Å². The zero-order valence-corrected chi connectivity index (χ0v) is 15.9. The summed E-state index contributed by atoms with van der Waals surface area (Å²) in [6.45, 7) is 1.30. The number of aliphatic hydroxyl groups excluding tert-OH is 6. The number of rotatable bonds is 6. The van der Waals surface area contributed by atoms with E-state index >= 15 is 0 Å². The van der Waals surface area contributed by atoms with Gasteiger partial charge in [-0.3, -0.25) is 0 Å². The molecule has 1 aromatic rings. The monoisotopic (exact) mass is 416 g/mol. The van der Waals surface area contributed by atoms with Crippen molar-refractivity contribution in [1.29, 1.82) is 0 Å². The first-order valence-corrected chi connectivity index (χ1v) is 9.46. The van der Waals surface area contributed by atoms with Gasteiger partial charge >= 0.3 is 0 Å². The van der Waals surface area contributed by atoms with E-state index in [0.717, 1.165) is 5.56 Å². The highest BCUT2D eigenvalue weighted by Crippen LogP contribution is 2.26. The molecule has 0 bridgehead atoms. The Balaban J connectivity index is 1.58. The lowest BCUT2D eigenvalue weighted by Gasteiger charge is -2.42. The third-order valence-electron chi connectivity index (χ3n) is 5.16. The van der Waals surface area contributed by atoms with Crippen LogP contribution in [0.15, 0.2) is 30.3 Å². The second-order valence-corrected chi connectivity index (χ2v) is 7.33. The van der Waals surface area contributed by atoms with Crippen LogP contribution in [0.2, 0.25) is 0 Å². The summed E-state index contributed by atoms with van der Waals surface area (Å²) in [6, 6.07) is 9.15. The van der Waals surface area contributed by atoms with E-state index in [9.17, 15) is 30.6 Å². The summed E-state index contributed by atoms with van der Waals surface area (Å²) in [5, 5.41) is 60.0. The number of benzene rings is 1. The van der Waals surface area contributed by atoms with Gasteiger partial charge in [0.2, 0.25) is 0 Å². The van der Waals surface area contributed by atoms with E-state index in [1.807, 2.05) is 30.3 Å². The van der Waals surface area contributed by atoms with Gasteiger partial charge < -0.3 is 49.6 Å². The van der Waals surface area contributed by atoms with Gasteiger partial charge in [0.05, 0.1) is 19.3 Å². The summed E-state index contributed by atoms with van der Waals surface area (Å²) in [6.07, 6.45) is -13.1. The molecule has 2 aliphatic rings. The molecule has 1 aromatic carbocycles. The third-order valence-corrected chi connectivity index (χ3v) is 5.16. The fourth-order valence-corrected chi connectivity index (χ4v) is 3.29. The van der Waals surface area contributed by atoms with Crippen molar-refractivity contribution in [1.82, 2.24) is 0 Å². The van der Waals surface area contributed by atoms with Crippen LogP contribution in [-0.2, 0) is 25.6 Å². The van der Waals surface area contributed by atoms with Crippen LogP contribution >= 0.6 is 0 Å². The van der Waals surface area contributed by atoms with Crippen molar-refractivity contribution in [2.45, 2.75) is 74.9 Å². The molecule has 164 valence electrons. The Morgan fingerprint density at radius 3 is 1.97 bits per heavy atom. The van der Waals surface area contributed by atoms with Crippen LogP contribution in [0.25, 0.3) is 0 Å². The highest BCUT2D eigenvalue weighted by Gasteiger charge is 2.46. The van der Waals surface area contributed by atoms with E-state index in [1.165, 1.54) is 6.92 Å². The minimum Gasteiger partial charge on any atom is -0.388 e. The minimum atomic E-state index is -1.54. The van der Waals surface area contributed by atoms with E-state index in [0.29, 0.717) is 0 Å². The lowest BCUT2D eigenvalue weighted by atomic mass is 9.98. The van der Waals surface area contributed by atoms with Crippen molar-refractivity contribution in [3.63, 3.8) is 0 Å². The second kappa shape index (κ2) is 9.75. The average Bonchev–Trinajstić information content (AvgIpc) is 2.73. The molecule has 10 atom stereocenters. The molecular formula is C19H28O10. The minimum absolute atomic E-state index is 0.116. The Bertz CT molecular complexity index is 631. The Morgan fingerprint density at radius 1 is 0.724 bits per heavy atom. The molecule has 2 aliphatic heterocycles. The lowest BCUT2D eigenvalue weighted by Crippen LogP contribution is -2.61. The molecule has 29 heavy (non-hydrogen) atoms. The molecule has 2 fully saturated rings. The fraction of sp³-hybridized carbons (Fsp3) is 0.684. The van der Waals surface area contributed by atoms with E-state index in [1.54, 1.807) is 0 Å². The number of aliphatic hydroxyl groups is 6. The zero-order valence-electron chi connectivity index (χ0n) is 15.9. The van der Waals surface area contributed by atoms with Crippen LogP contribution in [0.5, 0.6) is 0 Å². The fourth-order valence-electron chi connectivity index (χ4n) is 3.29. The van der Waals surface area contributed by atoms with Gasteiger partial charge in [-0.2, -0.15) is 0 Å². The maximum Gasteiger partial charge on any atom is 0.187 e. The summed E-state index contributed by atoms with van der Waals surface area (Å²) >= 11 is 0. The molecule has 3 rings (SSSR count). The van der Waals surface area contributed by atoms with Gasteiger partial charge in [0, 0.05) is 0 Å². The van der Waals surface area contributed by atoms with Gasteiger partial charge in [-0.15, -0.1) is 0 Å². The standard InChI is InChI=1S/C19H28O10/c1-9-12(20)14(22)16(24)18(28-9)27-8-11-13(21)15(23)17(25)19(29-11)26-7-10-5-3-2-4-6-10/h2-6,9,11-25H,7-8H2,1H3. The van der Waals surface area contributed by atoms with E-state index in [4.69, 9.17) is 18.9 Å². The van der Waals surface area contributed by atoms with Gasteiger partial charge in [-0.1, -0.05) is 30.3 Å². The number of hydrogen-bond acceptors (Lipinski definition) is 10. The predicted octanol–water partition coefficient (Wildman–Crippen LogP) is -2.15. The van der Waals surface area contributed by atoms with Crippen molar-refractivity contribution in [3.05, 3.63) is 35.9 Å². The van der Waals surface area contributed by atoms with Crippen LogP contribution in [0.3, 0.4) is 0 Å². The van der Waals surface area contributed by atoms with Gasteiger partial charge in [0.25, 0.3) is 0 Å². The molecule has 10 heteroatoms. The zero-order chi connectivity index (χ0) is 21.1.